The van der Waals surface area contributed by atoms with Crippen LogP contribution in [0.15, 0.2) is 41.6 Å². The zero-order valence-corrected chi connectivity index (χ0v) is 7.94. The van der Waals surface area contributed by atoms with Crippen molar-refractivity contribution in [2.75, 3.05) is 0 Å². The highest BCUT2D eigenvalue weighted by atomic mass is 35.5. The van der Waals surface area contributed by atoms with Crippen molar-refractivity contribution >= 4 is 27.7 Å². The van der Waals surface area contributed by atoms with Gasteiger partial charge in [0.25, 0.3) is 0 Å². The Hall–Kier alpha value is -1.61. The van der Waals surface area contributed by atoms with Gasteiger partial charge in [0.05, 0.1) is 5.52 Å². The normalized spacial score (nSPS) is 11.9. The maximum atomic E-state index is 8.48. The highest BCUT2D eigenvalue weighted by molar-refractivity contribution is 6.69. The van der Waals surface area contributed by atoms with Gasteiger partial charge in [0.1, 0.15) is 5.69 Å². The first-order valence-electron chi connectivity index (χ1n) is 4.05. The molecule has 0 aliphatic heterocycles. The monoisotopic (exact) mass is 206 g/mol. The van der Waals surface area contributed by atoms with E-state index in [1.807, 2.05) is 30.3 Å². The van der Waals surface area contributed by atoms with Crippen molar-refractivity contribution in [2.45, 2.75) is 0 Å². The third kappa shape index (κ3) is 1.54. The molecule has 0 spiro atoms. The first-order valence-corrected chi connectivity index (χ1v) is 4.43. The summed E-state index contributed by atoms with van der Waals surface area (Å²) < 4.78 is 0. The molecule has 0 saturated heterocycles. The fourth-order valence-electron chi connectivity index (χ4n) is 1.23. The summed E-state index contributed by atoms with van der Waals surface area (Å²) in [5.41, 5.74) is 1.29. The molecule has 3 nitrogen and oxygen atoms in total. The van der Waals surface area contributed by atoms with Crippen molar-refractivity contribution < 1.29 is 5.21 Å². The third-order valence-corrected chi connectivity index (χ3v) is 2.17. The fraction of sp³-hybridized carbons (Fsp3) is 0. The molecule has 4 heteroatoms. The van der Waals surface area contributed by atoms with Crippen LogP contribution in [0.1, 0.15) is 5.69 Å². The number of oxime groups is 1. The van der Waals surface area contributed by atoms with Crippen LogP contribution in [0, 0.1) is 0 Å². The predicted octanol–water partition coefficient (Wildman–Crippen LogP) is 2.61. The van der Waals surface area contributed by atoms with E-state index in [-0.39, 0.29) is 5.17 Å². The van der Waals surface area contributed by atoms with Gasteiger partial charge in [0.15, 0.2) is 5.17 Å². The van der Waals surface area contributed by atoms with E-state index in [9.17, 15) is 0 Å². The van der Waals surface area contributed by atoms with Crippen LogP contribution < -0.4 is 0 Å². The van der Waals surface area contributed by atoms with Crippen LogP contribution in [-0.2, 0) is 0 Å². The van der Waals surface area contributed by atoms with Gasteiger partial charge in [-0.05, 0) is 12.1 Å². The second kappa shape index (κ2) is 3.64. The van der Waals surface area contributed by atoms with Gasteiger partial charge < -0.3 is 5.21 Å². The average molecular weight is 207 g/mol. The first-order chi connectivity index (χ1) is 6.81. The molecule has 2 rings (SSSR count). The van der Waals surface area contributed by atoms with Crippen LogP contribution >= 0.6 is 11.6 Å². The van der Waals surface area contributed by atoms with Gasteiger partial charge >= 0.3 is 0 Å². The smallest absolute Gasteiger partial charge is 0.193 e. The van der Waals surface area contributed by atoms with E-state index in [4.69, 9.17) is 16.8 Å². The van der Waals surface area contributed by atoms with Gasteiger partial charge in [-0.25, -0.2) is 4.98 Å². The summed E-state index contributed by atoms with van der Waals surface area (Å²) in [7, 11) is 0. The van der Waals surface area contributed by atoms with Crippen molar-refractivity contribution in [3.63, 3.8) is 0 Å². The molecule has 70 valence electrons. The maximum absolute atomic E-state index is 8.48. The van der Waals surface area contributed by atoms with Crippen molar-refractivity contribution in [1.29, 1.82) is 0 Å². The van der Waals surface area contributed by atoms with Gasteiger partial charge in [0.2, 0.25) is 0 Å². The Balaban J connectivity index is 2.62. The number of fused-ring (bicyclic) bond motifs is 1. The first kappa shape index (κ1) is 8.97. The minimum atomic E-state index is -0.00393. The van der Waals surface area contributed by atoms with E-state index in [1.54, 1.807) is 6.07 Å². The molecule has 0 unspecified atom stereocenters. The van der Waals surface area contributed by atoms with E-state index >= 15 is 0 Å². The van der Waals surface area contributed by atoms with Crippen LogP contribution in [-0.4, -0.2) is 15.4 Å². The SMILES string of the molecule is O/N=C(\Cl)c1ccc2ccccc2n1. The Labute approximate surface area is 85.6 Å². The second-order valence-corrected chi connectivity index (χ2v) is 3.14. The Morgan fingerprint density at radius 1 is 1.21 bits per heavy atom. The Bertz CT molecular complexity index is 496. The lowest BCUT2D eigenvalue weighted by Gasteiger charge is -1.99. The molecule has 0 atom stereocenters. The highest BCUT2D eigenvalue weighted by Crippen LogP contribution is 2.12. The van der Waals surface area contributed by atoms with Gasteiger partial charge in [-0.3, -0.25) is 0 Å². The van der Waals surface area contributed by atoms with Gasteiger partial charge in [-0.2, -0.15) is 0 Å². The summed E-state index contributed by atoms with van der Waals surface area (Å²) in [5.74, 6) is 0. The van der Waals surface area contributed by atoms with E-state index < -0.39 is 0 Å². The fourth-order valence-corrected chi connectivity index (χ4v) is 1.34. The number of pyridine rings is 1. The molecular weight excluding hydrogens is 200 g/mol. The van der Waals surface area contributed by atoms with Gasteiger partial charge in [0, 0.05) is 5.39 Å². The molecule has 0 saturated carbocycles. The Morgan fingerprint density at radius 3 is 2.79 bits per heavy atom. The maximum Gasteiger partial charge on any atom is 0.193 e. The summed E-state index contributed by atoms with van der Waals surface area (Å²) in [4.78, 5) is 4.22. The summed E-state index contributed by atoms with van der Waals surface area (Å²) >= 11 is 5.63. The molecule has 14 heavy (non-hydrogen) atoms. The molecule has 0 radical (unpaired) electrons. The quantitative estimate of drug-likeness (QED) is 0.443. The number of nitrogens with zero attached hydrogens (tertiary/aromatic N) is 2. The van der Waals surface area contributed by atoms with E-state index in [0.29, 0.717) is 5.69 Å². The molecule has 0 aliphatic rings. The molecular formula is C10H7ClN2O. The third-order valence-electron chi connectivity index (χ3n) is 1.90. The number of benzene rings is 1. The van der Waals surface area contributed by atoms with Gasteiger partial charge in [-0.1, -0.05) is 41.0 Å². The number of rotatable bonds is 1. The minimum absolute atomic E-state index is 0.00393. The summed E-state index contributed by atoms with van der Waals surface area (Å²) in [5, 5.41) is 12.4. The van der Waals surface area contributed by atoms with E-state index in [1.165, 1.54) is 0 Å². The number of hydrogen-bond acceptors (Lipinski definition) is 3. The van der Waals surface area contributed by atoms with Crippen molar-refractivity contribution in [3.05, 3.63) is 42.1 Å². The summed E-state index contributed by atoms with van der Waals surface area (Å²) in [6.45, 7) is 0. The van der Waals surface area contributed by atoms with Crippen LogP contribution in [0.5, 0.6) is 0 Å². The van der Waals surface area contributed by atoms with E-state index in [2.05, 4.69) is 10.1 Å². The molecule has 1 aromatic heterocycles. The Morgan fingerprint density at radius 2 is 2.00 bits per heavy atom. The van der Waals surface area contributed by atoms with Crippen LogP contribution in [0.4, 0.5) is 0 Å². The molecule has 1 N–H and O–H groups in total. The number of aromatic nitrogens is 1. The molecule has 0 bridgehead atoms. The lowest BCUT2D eigenvalue weighted by atomic mass is 10.2. The standard InChI is InChI=1S/C10H7ClN2O/c11-10(13-14)9-6-5-7-3-1-2-4-8(7)12-9/h1-6,14H/b13-10-. The minimum Gasteiger partial charge on any atom is -0.410 e. The van der Waals surface area contributed by atoms with Crippen molar-refractivity contribution in [3.8, 4) is 0 Å². The summed E-state index contributed by atoms with van der Waals surface area (Å²) in [6.07, 6.45) is 0. The summed E-state index contributed by atoms with van der Waals surface area (Å²) in [6, 6.07) is 11.3. The predicted molar refractivity (Wildman–Crippen MR) is 55.9 cm³/mol. The zero-order chi connectivity index (χ0) is 9.97. The van der Waals surface area contributed by atoms with Crippen LogP contribution in [0.2, 0.25) is 0 Å². The average Bonchev–Trinajstić information content (AvgIpc) is 2.27. The van der Waals surface area contributed by atoms with Gasteiger partial charge in [-0.15, -0.1) is 0 Å². The molecule has 1 heterocycles. The Kier molecular flexibility index (Phi) is 2.33. The van der Waals surface area contributed by atoms with Crippen molar-refractivity contribution in [2.24, 2.45) is 5.16 Å². The van der Waals surface area contributed by atoms with Crippen molar-refractivity contribution in [1.82, 2.24) is 4.98 Å². The van der Waals surface area contributed by atoms with E-state index in [0.717, 1.165) is 10.9 Å². The number of halogens is 1. The topological polar surface area (TPSA) is 45.5 Å². The largest absolute Gasteiger partial charge is 0.410 e. The molecule has 0 fully saturated rings. The number of para-hydroxylation sites is 1. The lowest BCUT2D eigenvalue weighted by molar-refractivity contribution is 0.320. The lowest BCUT2D eigenvalue weighted by Crippen LogP contribution is -1.95. The molecule has 0 aliphatic carbocycles. The number of hydrogen-bond donors (Lipinski definition) is 1. The zero-order valence-electron chi connectivity index (χ0n) is 7.18. The van der Waals surface area contributed by atoms with Crippen LogP contribution in [0.25, 0.3) is 10.9 Å². The van der Waals surface area contributed by atoms with Crippen LogP contribution in [0.3, 0.4) is 0 Å². The molecule has 1 aromatic carbocycles. The molecule has 2 aromatic rings. The molecule has 0 amide bonds. The second-order valence-electron chi connectivity index (χ2n) is 2.78. The highest BCUT2D eigenvalue weighted by Gasteiger charge is 2.02.